The van der Waals surface area contributed by atoms with E-state index in [0.29, 0.717) is 0 Å². The van der Waals surface area contributed by atoms with E-state index in [1.165, 1.54) is 0 Å². The summed E-state index contributed by atoms with van der Waals surface area (Å²) in [4.78, 5) is -1.92. The minimum Gasteiger partial charge on any atom is 0.232 e. The van der Waals surface area contributed by atoms with Gasteiger partial charge in [-0.15, -0.1) is 0 Å². The van der Waals surface area contributed by atoms with Crippen LogP contribution in [0.3, 0.4) is 0 Å². The van der Waals surface area contributed by atoms with Gasteiger partial charge in [-0.1, -0.05) is 0 Å². The summed E-state index contributed by atoms with van der Waals surface area (Å²) in [5.41, 5.74) is 0. The van der Waals surface area contributed by atoms with Crippen LogP contribution in [0.2, 0.25) is 0 Å². The van der Waals surface area contributed by atoms with Crippen LogP contribution in [0.25, 0.3) is 0 Å². The maximum Gasteiger partial charge on any atom is 0.303 e. The van der Waals surface area contributed by atoms with Crippen LogP contribution in [0, 0.1) is 0 Å². The third-order valence-electron chi connectivity index (χ3n) is 0. The summed E-state index contributed by atoms with van der Waals surface area (Å²) in [5.74, 6) is 0. The molecule has 0 atom stereocenters. The van der Waals surface area contributed by atoms with Gasteiger partial charge in [0.25, 0.3) is 0 Å². The Morgan fingerprint density at radius 1 is 1.00 bits per heavy atom. The Morgan fingerprint density at radius 3 is 1.00 bits per heavy atom. The molecule has 0 N–H and O–H groups in total. The first-order valence-electron chi connectivity index (χ1n) is 0.463. The maximum absolute atomic E-state index is 9.42. The van der Waals surface area contributed by atoms with Crippen LogP contribution in [0.4, 0.5) is 13.6 Å². The molecule has 4 heavy (non-hydrogen) atoms. The first-order valence-corrected chi connectivity index (χ1v) is 0.463. The molecule has 4 heteroatoms. The topological polar surface area (TPSA) is 2.70 Å². The normalized spacial score (nSPS) is 9.00. The number of hydrogen-bond donors (Lipinski definition) is 0. The van der Waals surface area contributed by atoms with E-state index >= 15 is 0 Å². The van der Waals surface area contributed by atoms with Gasteiger partial charge < -0.3 is 0 Å². The van der Waals surface area contributed by atoms with Crippen molar-refractivity contribution in [2.24, 2.45) is 0 Å². The molecule has 0 fully saturated rings. The average molecular weight is 73.0 g/mol. The van der Waals surface area contributed by atoms with Crippen LogP contribution in [0.15, 0.2) is 0 Å². The van der Waals surface area contributed by atoms with Crippen molar-refractivity contribution in [3.05, 3.63) is 0 Å². The van der Waals surface area contributed by atoms with Gasteiger partial charge in [0, 0.05) is 0 Å². The smallest absolute Gasteiger partial charge is 0.232 e. The van der Waals surface area contributed by atoms with Gasteiger partial charge in [-0.05, 0) is 0 Å². The highest BCUT2D eigenvalue weighted by molar-refractivity contribution is 2.83. The Morgan fingerprint density at radius 2 is 1.00 bits per heavy atom. The van der Waals surface area contributed by atoms with Gasteiger partial charge in [0.15, 0.2) is 0 Å². The zero-order valence-corrected chi connectivity index (χ0v) is 1.54. The van der Waals surface area contributed by atoms with Crippen LogP contribution >= 0.6 is 0 Å². The summed E-state index contributed by atoms with van der Waals surface area (Å²) >= 11 is 0. The molecule has 0 aromatic rings. The van der Waals surface area contributed by atoms with Gasteiger partial charge in [-0.25, -0.2) is 0 Å². The van der Waals surface area contributed by atoms with Crippen LogP contribution in [0.1, 0.15) is 0 Å². The average Bonchev–Trinajstić information content (AvgIpc) is 0.811. The fourth-order valence-corrected chi connectivity index (χ4v) is 0. The largest absolute Gasteiger partial charge is 0.303 e. The molecule has 0 unspecified atom stereocenters. The molecule has 0 spiro atoms. The molecule has 0 radical (unpaired) electrons. The molecular formula is F3O+. The van der Waals surface area contributed by atoms with Gasteiger partial charge in [-0.2, -0.15) is 0 Å². The molecule has 0 aliphatic carbocycles. The molecule has 0 aliphatic rings. The molecule has 0 aliphatic heterocycles. The summed E-state index contributed by atoms with van der Waals surface area (Å²) in [7, 11) is 0. The lowest BCUT2D eigenvalue weighted by Gasteiger charge is -1.46. The fourth-order valence-electron chi connectivity index (χ4n) is 0. The molecular weight excluding hydrogens is 73.0 g/mol. The SMILES string of the molecule is F[O+](F)F. The second-order valence-corrected chi connectivity index (χ2v) is 0.175. The number of hydrogen-bond acceptors (Lipinski definition) is 0. The highest BCUT2D eigenvalue weighted by Crippen LogP contribution is 1.93. The third kappa shape index (κ3) is 15.8. The molecule has 0 aromatic carbocycles. The van der Waals surface area contributed by atoms with Gasteiger partial charge in [0.1, 0.15) is 0 Å². The van der Waals surface area contributed by atoms with E-state index in [9.17, 15) is 13.6 Å². The van der Waals surface area contributed by atoms with Gasteiger partial charge >= 0.3 is 4.98 Å². The van der Waals surface area contributed by atoms with E-state index in [1.807, 2.05) is 0 Å². The minimum absolute atomic E-state index is 1.92. The first-order chi connectivity index (χ1) is 1.73. The van der Waals surface area contributed by atoms with Crippen LogP contribution in [-0.4, -0.2) is 0 Å². The van der Waals surface area contributed by atoms with Crippen LogP contribution in [0.5, 0.6) is 0 Å². The first kappa shape index (κ1) is 3.75. The monoisotopic (exact) mass is 73.0 g/mol. The van der Waals surface area contributed by atoms with E-state index in [-0.39, 0.29) is 0 Å². The third-order valence-corrected chi connectivity index (χ3v) is 0. The molecule has 0 bridgehead atoms. The Labute approximate surface area is 20.0 Å². The molecule has 0 rings (SSSR count). The summed E-state index contributed by atoms with van der Waals surface area (Å²) in [6.45, 7) is 0. The molecule has 0 heterocycles. The van der Waals surface area contributed by atoms with Crippen LogP contribution in [-0.2, 0) is 4.98 Å². The molecule has 26 valence electrons. The van der Waals surface area contributed by atoms with E-state index in [0.717, 1.165) is 0 Å². The standard InChI is InChI=1S/F3O/c1-4(2)3/q+1. The molecule has 0 saturated heterocycles. The summed E-state index contributed by atoms with van der Waals surface area (Å²) in [5, 5.41) is 0. The lowest BCUT2D eigenvalue weighted by molar-refractivity contribution is -0.635. The van der Waals surface area contributed by atoms with Crippen molar-refractivity contribution in [2.75, 3.05) is 0 Å². The van der Waals surface area contributed by atoms with E-state index in [1.54, 1.807) is 0 Å². The summed E-state index contributed by atoms with van der Waals surface area (Å²) in [6.07, 6.45) is 0. The van der Waals surface area contributed by atoms with Crippen molar-refractivity contribution >= 4 is 0 Å². The highest BCUT2D eigenvalue weighted by atomic mass is 19.8. The molecule has 0 saturated carbocycles. The Balaban J connectivity index is 2.32. The maximum atomic E-state index is 9.42. The van der Waals surface area contributed by atoms with Gasteiger partial charge in [0.2, 0.25) is 13.6 Å². The Hall–Kier alpha value is -0.250. The number of rotatable bonds is 0. The van der Waals surface area contributed by atoms with Crippen molar-refractivity contribution in [3.63, 3.8) is 0 Å². The van der Waals surface area contributed by atoms with Crippen LogP contribution < -0.4 is 0 Å². The quantitative estimate of drug-likeness (QED) is 0.379. The molecule has 0 amide bonds. The summed E-state index contributed by atoms with van der Waals surface area (Å²) in [6, 6.07) is 0. The fraction of sp³-hybridized carbons (Fsp3) is 0. The van der Waals surface area contributed by atoms with E-state index < -0.39 is 4.98 Å². The van der Waals surface area contributed by atoms with Gasteiger partial charge in [-0.3, -0.25) is 0 Å². The van der Waals surface area contributed by atoms with Crippen molar-refractivity contribution in [2.45, 2.75) is 0 Å². The molecule has 1 nitrogen and oxygen atoms in total. The van der Waals surface area contributed by atoms with E-state index in [4.69, 9.17) is 0 Å². The predicted molar refractivity (Wildman–Crippen MR) is 4.41 cm³/mol. The predicted octanol–water partition coefficient (Wildman–Crippen LogP) is 1.19. The Kier molecular flexibility index (Phi) is 1.04. The number of halogens is 3. The second-order valence-electron chi connectivity index (χ2n) is 0.175. The van der Waals surface area contributed by atoms with Gasteiger partial charge in [0.05, 0.1) is 0 Å². The lowest BCUT2D eigenvalue weighted by atomic mass is 15.2. The molecule has 0 aromatic heterocycles. The summed E-state index contributed by atoms with van der Waals surface area (Å²) < 4.78 is 28.2. The van der Waals surface area contributed by atoms with Crippen molar-refractivity contribution in [1.82, 2.24) is 0 Å². The van der Waals surface area contributed by atoms with Crippen molar-refractivity contribution < 1.29 is 18.6 Å². The zero-order valence-electron chi connectivity index (χ0n) is 1.54. The van der Waals surface area contributed by atoms with Crippen molar-refractivity contribution in [1.29, 1.82) is 0 Å². The minimum atomic E-state index is -1.92. The Bertz CT molecular complexity index is 8.00. The highest BCUT2D eigenvalue weighted by Gasteiger charge is 2.00. The lowest BCUT2D eigenvalue weighted by Crippen LogP contribution is -1.57. The van der Waals surface area contributed by atoms with E-state index in [2.05, 4.69) is 0 Å². The second kappa shape index (κ2) is 1.11. The van der Waals surface area contributed by atoms with Crippen molar-refractivity contribution in [3.8, 4) is 0 Å². The zero-order chi connectivity index (χ0) is 3.58.